The standard InChI is InChI=1S/C51H31N5S/c1-6-22-43-37(15-1)38-16-2-7-23-44(38)55(43)50-52-49(53-51(54-50)56-45-24-8-3-17-39(45)40-18-4-9-25-46(40)56)33-29-27-32(28-30-33)34-13-11-14-35(31-34)36-20-12-21-42-41-19-5-10-26-47(41)57-48(36)42/h1-31H/i1D,2D,3D,4D,6D,7D,8D,9D,15D,16D,17D,18D,22D,23D,24D,25D. The first-order valence-corrected chi connectivity index (χ1v) is 18.6. The summed E-state index contributed by atoms with van der Waals surface area (Å²) < 4.78 is 146. The first-order chi connectivity index (χ1) is 34.9. The Hall–Kier alpha value is -7.41. The van der Waals surface area contributed by atoms with Crippen LogP contribution in [0.25, 0.3) is 109 Å². The Morgan fingerprint density at radius 3 is 1.49 bits per heavy atom. The Morgan fingerprint density at radius 1 is 0.404 bits per heavy atom. The molecule has 0 spiro atoms. The van der Waals surface area contributed by atoms with Crippen molar-refractivity contribution in [2.24, 2.45) is 0 Å². The summed E-state index contributed by atoms with van der Waals surface area (Å²) in [5.41, 5.74) is 2.80. The van der Waals surface area contributed by atoms with Gasteiger partial charge in [-0.2, -0.15) is 15.0 Å². The van der Waals surface area contributed by atoms with Gasteiger partial charge in [-0.1, -0.05) is 151 Å². The monoisotopic (exact) mass is 761 g/mol. The number of hydrogen-bond acceptors (Lipinski definition) is 4. The highest BCUT2D eigenvalue weighted by atomic mass is 32.1. The van der Waals surface area contributed by atoms with Crippen molar-refractivity contribution in [1.29, 1.82) is 0 Å². The molecule has 5 nitrogen and oxygen atoms in total. The zero-order valence-corrected chi connectivity index (χ0v) is 30.1. The SMILES string of the molecule is [2H]c1c([2H])c([2H])c2c(c1[2H])c1c([2H])c([2H])c([2H])c([2H])c1n2-c1nc(-c2ccc(-c3cccc(-c4cccc5c4sc4ccccc45)c3)cc2)nc(-n2c3c([2H])c([2H])c([2H])c([2H])c3c3c([2H])c([2H])c([2H])c([2H])c32)n1. The van der Waals surface area contributed by atoms with Crippen LogP contribution < -0.4 is 0 Å². The summed E-state index contributed by atoms with van der Waals surface area (Å²) in [5, 5.41) is 1.31. The molecule has 0 radical (unpaired) electrons. The van der Waals surface area contributed by atoms with E-state index in [9.17, 15) is 5.48 Å². The predicted octanol–water partition coefficient (Wildman–Crippen LogP) is 13.4. The summed E-state index contributed by atoms with van der Waals surface area (Å²) in [5.74, 6) is -1.05. The summed E-state index contributed by atoms with van der Waals surface area (Å²) in [7, 11) is 0. The number of aromatic nitrogens is 5. The van der Waals surface area contributed by atoms with Gasteiger partial charge in [0.05, 0.1) is 44.0 Å². The lowest BCUT2D eigenvalue weighted by atomic mass is 9.97. The lowest BCUT2D eigenvalue weighted by Gasteiger charge is -2.13. The third-order valence-corrected chi connectivity index (χ3v) is 11.4. The largest absolute Gasteiger partial charge is 0.278 e. The summed E-state index contributed by atoms with van der Waals surface area (Å²) in [6.07, 6.45) is 0. The molecule has 0 fully saturated rings. The van der Waals surface area contributed by atoms with Gasteiger partial charge in [-0.15, -0.1) is 11.3 Å². The van der Waals surface area contributed by atoms with Crippen LogP contribution in [0.5, 0.6) is 0 Å². The summed E-state index contributed by atoms with van der Waals surface area (Å²) in [6, 6.07) is 19.3. The van der Waals surface area contributed by atoms with Gasteiger partial charge in [0, 0.05) is 47.3 Å². The van der Waals surface area contributed by atoms with E-state index in [1.807, 2.05) is 42.5 Å². The minimum absolute atomic E-state index is 0.134. The van der Waals surface area contributed by atoms with Gasteiger partial charge in [0.2, 0.25) is 11.9 Å². The maximum atomic E-state index is 9.18. The average Bonchev–Trinajstić information content (AvgIpc) is 4.10. The van der Waals surface area contributed by atoms with E-state index >= 15 is 0 Å². The Kier molecular flexibility index (Phi) is 4.40. The van der Waals surface area contributed by atoms with Crippen LogP contribution in [-0.4, -0.2) is 24.1 Å². The van der Waals surface area contributed by atoms with Gasteiger partial charge < -0.3 is 0 Å². The van der Waals surface area contributed by atoms with Crippen molar-refractivity contribution in [2.45, 2.75) is 0 Å². The van der Waals surface area contributed by atoms with Crippen LogP contribution in [-0.2, 0) is 0 Å². The van der Waals surface area contributed by atoms with Crippen molar-refractivity contribution >= 4 is 75.1 Å². The summed E-state index contributed by atoms with van der Waals surface area (Å²) in [4.78, 5) is 14.4. The van der Waals surface area contributed by atoms with Crippen LogP contribution in [0.2, 0.25) is 0 Å². The lowest BCUT2D eigenvalue weighted by molar-refractivity contribution is 0.893. The van der Waals surface area contributed by atoms with E-state index in [1.54, 1.807) is 23.5 Å². The molecule has 8 aromatic carbocycles. The fraction of sp³-hybridized carbons (Fsp3) is 0. The molecule has 6 heteroatoms. The molecule has 0 unspecified atom stereocenters. The highest BCUT2D eigenvalue weighted by Crippen LogP contribution is 2.41. The molecule has 0 atom stereocenters. The predicted molar refractivity (Wildman–Crippen MR) is 238 cm³/mol. The smallest absolute Gasteiger partial charge is 0.240 e. The van der Waals surface area contributed by atoms with E-state index in [0.717, 1.165) is 41.5 Å². The van der Waals surface area contributed by atoms with Crippen molar-refractivity contribution in [1.82, 2.24) is 24.1 Å². The zero-order valence-electron chi connectivity index (χ0n) is 45.3. The van der Waals surface area contributed by atoms with E-state index < -0.39 is 109 Å². The highest BCUT2D eigenvalue weighted by Gasteiger charge is 2.20. The van der Waals surface area contributed by atoms with Crippen molar-refractivity contribution in [3.63, 3.8) is 0 Å². The Morgan fingerprint density at radius 2 is 0.895 bits per heavy atom. The maximum absolute atomic E-state index is 9.18. The Bertz CT molecular complexity index is 4140. The van der Waals surface area contributed by atoms with Crippen molar-refractivity contribution < 1.29 is 21.9 Å². The van der Waals surface area contributed by atoms with E-state index in [4.69, 9.17) is 31.4 Å². The number of hydrogen-bond donors (Lipinski definition) is 0. The van der Waals surface area contributed by atoms with Crippen LogP contribution in [0.3, 0.4) is 0 Å². The van der Waals surface area contributed by atoms with Crippen molar-refractivity contribution in [3.05, 3.63) is 188 Å². The van der Waals surface area contributed by atoms with Crippen LogP contribution in [0, 0.1) is 0 Å². The molecule has 0 saturated heterocycles. The van der Waals surface area contributed by atoms with Gasteiger partial charge in [0.25, 0.3) is 0 Å². The normalized spacial score (nSPS) is 15.8. The second-order valence-electron chi connectivity index (χ2n) is 13.3. The number of benzene rings is 8. The fourth-order valence-corrected chi connectivity index (χ4v) is 8.82. The van der Waals surface area contributed by atoms with Crippen LogP contribution in [0.15, 0.2) is 188 Å². The van der Waals surface area contributed by atoms with Crippen LogP contribution in [0.1, 0.15) is 21.9 Å². The molecule has 12 aromatic rings. The molecule has 4 heterocycles. The number of fused-ring (bicyclic) bond motifs is 9. The molecule has 57 heavy (non-hydrogen) atoms. The third kappa shape index (κ3) is 4.98. The molecule has 12 rings (SSSR count). The number of rotatable bonds is 5. The van der Waals surface area contributed by atoms with Crippen molar-refractivity contribution in [3.8, 4) is 45.5 Å². The summed E-state index contributed by atoms with van der Waals surface area (Å²) in [6.45, 7) is 0. The molecule has 0 N–H and O–H groups in total. The number of thiophene rings is 1. The Labute approximate surface area is 353 Å². The molecular weight excluding hydrogens is 715 g/mol. The minimum Gasteiger partial charge on any atom is -0.278 e. The Balaban J connectivity index is 1.15. The van der Waals surface area contributed by atoms with Gasteiger partial charge in [-0.25, -0.2) is 0 Å². The molecule has 0 saturated carbocycles. The first kappa shape index (κ1) is 20.0. The molecule has 0 bridgehead atoms. The topological polar surface area (TPSA) is 48.5 Å². The molecule has 0 aliphatic rings. The quantitative estimate of drug-likeness (QED) is 0.175. The third-order valence-electron chi connectivity index (χ3n) is 10.1. The molecule has 0 amide bonds. The van der Waals surface area contributed by atoms with Crippen LogP contribution >= 0.6 is 11.3 Å². The number of nitrogens with zero attached hydrogens (tertiary/aromatic N) is 5. The first-order valence-electron chi connectivity index (χ1n) is 25.8. The van der Waals surface area contributed by atoms with Gasteiger partial charge >= 0.3 is 0 Å². The van der Waals surface area contributed by atoms with E-state index in [2.05, 4.69) is 36.4 Å². The van der Waals surface area contributed by atoms with Crippen molar-refractivity contribution in [2.75, 3.05) is 0 Å². The minimum atomic E-state index is -0.694. The average molecular weight is 762 g/mol. The molecule has 0 aliphatic heterocycles. The van der Waals surface area contributed by atoms with Crippen LogP contribution in [0.4, 0.5) is 0 Å². The zero-order chi connectivity index (χ0) is 51.4. The number of para-hydroxylation sites is 4. The van der Waals surface area contributed by atoms with E-state index in [0.29, 0.717) is 5.56 Å². The van der Waals surface area contributed by atoms with E-state index in [1.165, 1.54) is 10.1 Å². The molecular formula is C51H31N5S. The summed E-state index contributed by atoms with van der Waals surface area (Å²) >= 11 is 1.73. The maximum Gasteiger partial charge on any atom is 0.240 e. The molecule has 266 valence electrons. The van der Waals surface area contributed by atoms with Gasteiger partial charge in [0.15, 0.2) is 5.82 Å². The highest BCUT2D eigenvalue weighted by molar-refractivity contribution is 7.26. The molecule has 4 aromatic heterocycles. The second-order valence-corrected chi connectivity index (χ2v) is 14.3. The fourth-order valence-electron chi connectivity index (χ4n) is 7.58. The van der Waals surface area contributed by atoms with Gasteiger partial charge in [-0.3, -0.25) is 9.13 Å². The van der Waals surface area contributed by atoms with Gasteiger partial charge in [-0.05, 0) is 58.6 Å². The molecule has 0 aliphatic carbocycles. The van der Waals surface area contributed by atoms with Gasteiger partial charge in [0.1, 0.15) is 0 Å². The second kappa shape index (κ2) is 12.6. The lowest BCUT2D eigenvalue weighted by Crippen LogP contribution is -2.10. The van der Waals surface area contributed by atoms with E-state index in [-0.39, 0.29) is 49.4 Å².